The number of nitrogens with one attached hydrogen (secondary N) is 1. The van der Waals surface area contributed by atoms with E-state index in [1.807, 2.05) is 59.2 Å². The van der Waals surface area contributed by atoms with Gasteiger partial charge in [-0.25, -0.2) is 4.98 Å². The van der Waals surface area contributed by atoms with Crippen LogP contribution in [-0.2, 0) is 4.79 Å². The molecule has 0 saturated heterocycles. The Kier molecular flexibility index (Phi) is 7.18. The van der Waals surface area contributed by atoms with E-state index in [0.717, 1.165) is 11.3 Å². The van der Waals surface area contributed by atoms with Gasteiger partial charge in [-0.05, 0) is 59.9 Å². The van der Waals surface area contributed by atoms with Crippen molar-refractivity contribution in [2.24, 2.45) is 0 Å². The minimum Gasteiger partial charge on any atom is -0.325 e. The molecular weight excluding hydrogens is 430 g/mol. The summed E-state index contributed by atoms with van der Waals surface area (Å²) in [6.45, 7) is 4.33. The fourth-order valence-corrected chi connectivity index (χ4v) is 3.82. The van der Waals surface area contributed by atoms with Gasteiger partial charge in [0.1, 0.15) is 12.0 Å². The molecule has 0 bridgehead atoms. The second-order valence-electron chi connectivity index (χ2n) is 7.61. The highest BCUT2D eigenvalue weighted by Gasteiger charge is 2.11. The lowest BCUT2D eigenvalue weighted by molar-refractivity contribution is -0.113. The van der Waals surface area contributed by atoms with Crippen LogP contribution in [0.2, 0.25) is 0 Å². The number of amides is 1. The first-order valence-electron chi connectivity index (χ1n) is 10.5. The predicted molar refractivity (Wildman–Crippen MR) is 131 cm³/mol. The number of anilines is 1. The van der Waals surface area contributed by atoms with Crippen molar-refractivity contribution in [3.8, 4) is 17.5 Å². The van der Waals surface area contributed by atoms with E-state index in [9.17, 15) is 4.79 Å². The minimum atomic E-state index is -0.125. The lowest BCUT2D eigenvalue weighted by Gasteiger charge is -2.09. The molecule has 0 aliphatic heterocycles. The molecule has 0 atom stereocenters. The second-order valence-corrected chi connectivity index (χ2v) is 8.55. The highest BCUT2D eigenvalue weighted by molar-refractivity contribution is 7.99. The summed E-state index contributed by atoms with van der Waals surface area (Å²) in [6, 6.07) is 21.3. The van der Waals surface area contributed by atoms with Crippen molar-refractivity contribution in [1.29, 1.82) is 0 Å². The average molecular weight is 454 g/mol. The lowest BCUT2D eigenvalue weighted by Crippen LogP contribution is -2.14. The zero-order chi connectivity index (χ0) is 23.0. The first kappa shape index (κ1) is 22.3. The van der Waals surface area contributed by atoms with Gasteiger partial charge in [0, 0.05) is 23.1 Å². The molecule has 0 unspecified atom stereocenters. The number of carbonyl (C=O) groups is 1. The summed E-state index contributed by atoms with van der Waals surface area (Å²) in [5.74, 6) is 6.65. The van der Waals surface area contributed by atoms with Crippen molar-refractivity contribution in [1.82, 2.24) is 19.7 Å². The zero-order valence-corrected chi connectivity index (χ0v) is 19.2. The number of aromatic nitrogens is 4. The molecule has 0 aliphatic rings. The summed E-state index contributed by atoms with van der Waals surface area (Å²) in [5, 5.41) is 11.8. The van der Waals surface area contributed by atoms with Crippen LogP contribution in [0.5, 0.6) is 0 Å². The Morgan fingerprint density at radius 1 is 1.06 bits per heavy atom. The minimum absolute atomic E-state index is 0.125. The third-order valence-corrected chi connectivity index (χ3v) is 5.78. The van der Waals surface area contributed by atoms with Crippen molar-refractivity contribution in [2.45, 2.75) is 24.9 Å². The molecule has 7 heteroatoms. The van der Waals surface area contributed by atoms with Gasteiger partial charge in [-0.3, -0.25) is 9.36 Å². The Hall–Kier alpha value is -3.89. The largest absolute Gasteiger partial charge is 0.325 e. The Morgan fingerprint density at radius 3 is 2.67 bits per heavy atom. The summed E-state index contributed by atoms with van der Waals surface area (Å²) in [7, 11) is 0. The van der Waals surface area contributed by atoms with Crippen LogP contribution in [0.1, 0.15) is 36.6 Å². The summed E-state index contributed by atoms with van der Waals surface area (Å²) in [6.07, 6.45) is 3.37. The number of carbonyl (C=O) groups excluding carboxylic acids is 1. The van der Waals surface area contributed by atoms with Crippen molar-refractivity contribution < 1.29 is 4.79 Å². The third kappa shape index (κ3) is 6.09. The molecule has 4 aromatic rings. The summed E-state index contributed by atoms with van der Waals surface area (Å²) < 4.78 is 1.88. The molecule has 0 spiro atoms. The Balaban J connectivity index is 1.37. The molecule has 0 fully saturated rings. The smallest absolute Gasteiger partial charge is 0.234 e. The summed E-state index contributed by atoms with van der Waals surface area (Å²) >= 11 is 1.34. The van der Waals surface area contributed by atoms with Crippen LogP contribution in [0.15, 0.2) is 84.4 Å². The van der Waals surface area contributed by atoms with Gasteiger partial charge in [0.05, 0.1) is 5.75 Å². The molecule has 0 radical (unpaired) electrons. The molecule has 1 N–H and O–H groups in total. The molecule has 2 heterocycles. The number of nitrogens with zero attached hydrogens (tertiary/aromatic N) is 4. The number of pyridine rings is 1. The maximum Gasteiger partial charge on any atom is 0.234 e. The topological polar surface area (TPSA) is 72.7 Å². The van der Waals surface area contributed by atoms with Crippen LogP contribution in [0.3, 0.4) is 0 Å². The molecule has 33 heavy (non-hydrogen) atoms. The first-order valence-corrected chi connectivity index (χ1v) is 11.5. The Bertz CT molecular complexity index is 1290. The first-order chi connectivity index (χ1) is 16.1. The van der Waals surface area contributed by atoms with Crippen molar-refractivity contribution in [3.63, 3.8) is 0 Å². The molecule has 6 nitrogen and oxygen atoms in total. The zero-order valence-electron chi connectivity index (χ0n) is 18.4. The van der Waals surface area contributed by atoms with Gasteiger partial charge in [-0.1, -0.05) is 55.8 Å². The van der Waals surface area contributed by atoms with Gasteiger partial charge in [-0.15, -0.1) is 10.2 Å². The normalized spacial score (nSPS) is 10.5. The average Bonchev–Trinajstić information content (AvgIpc) is 3.31. The maximum atomic E-state index is 12.5. The monoisotopic (exact) mass is 453 g/mol. The second kappa shape index (κ2) is 10.6. The van der Waals surface area contributed by atoms with Crippen LogP contribution in [0.25, 0.3) is 5.69 Å². The number of thioether (sulfide) groups is 1. The van der Waals surface area contributed by atoms with E-state index in [1.54, 1.807) is 12.5 Å². The molecular formula is C26H23N5OS. The molecule has 2 aromatic carbocycles. The predicted octanol–water partition coefficient (Wildman–Crippen LogP) is 4.92. The number of hydrogen-bond acceptors (Lipinski definition) is 5. The standard InChI is InChI=1S/C26H23N5OS/c1-19(2)21-10-13-24(14-11-21)31-18-28-30-26(31)33-17-25(32)29-23-8-5-6-20(16-23)9-12-22-7-3-4-15-27-22/h3-8,10-11,13-16,18-19H,17H2,1-2H3,(H,29,32). The van der Waals surface area contributed by atoms with Crippen LogP contribution in [0, 0.1) is 11.8 Å². The van der Waals surface area contributed by atoms with Crippen LogP contribution in [0.4, 0.5) is 5.69 Å². The van der Waals surface area contributed by atoms with E-state index < -0.39 is 0 Å². The molecule has 1 amide bonds. The van der Waals surface area contributed by atoms with Crippen molar-refractivity contribution in [3.05, 3.63) is 96.1 Å². The van der Waals surface area contributed by atoms with E-state index in [4.69, 9.17) is 0 Å². The number of rotatable bonds is 6. The van der Waals surface area contributed by atoms with E-state index >= 15 is 0 Å². The molecule has 164 valence electrons. The Morgan fingerprint density at radius 2 is 1.91 bits per heavy atom. The van der Waals surface area contributed by atoms with Crippen molar-refractivity contribution >= 4 is 23.4 Å². The van der Waals surface area contributed by atoms with E-state index in [2.05, 4.69) is 58.3 Å². The Labute approximate surface area is 197 Å². The van der Waals surface area contributed by atoms with Crippen molar-refractivity contribution in [2.75, 3.05) is 11.1 Å². The highest BCUT2D eigenvalue weighted by Crippen LogP contribution is 2.22. The van der Waals surface area contributed by atoms with Gasteiger partial charge in [-0.2, -0.15) is 0 Å². The van der Waals surface area contributed by atoms with E-state index in [1.165, 1.54) is 17.3 Å². The van der Waals surface area contributed by atoms with Gasteiger partial charge in [0.25, 0.3) is 0 Å². The molecule has 0 saturated carbocycles. The maximum absolute atomic E-state index is 12.5. The fraction of sp³-hybridized carbons (Fsp3) is 0.154. The van der Waals surface area contributed by atoms with Gasteiger partial charge in [0.2, 0.25) is 5.91 Å². The number of hydrogen-bond donors (Lipinski definition) is 1. The van der Waals surface area contributed by atoms with E-state index in [0.29, 0.717) is 22.5 Å². The van der Waals surface area contributed by atoms with Gasteiger partial charge >= 0.3 is 0 Å². The summed E-state index contributed by atoms with van der Waals surface area (Å²) in [5.41, 5.74) is 4.43. The van der Waals surface area contributed by atoms with Crippen LogP contribution in [-0.4, -0.2) is 31.4 Å². The van der Waals surface area contributed by atoms with Gasteiger partial charge in [0.15, 0.2) is 5.16 Å². The molecule has 0 aliphatic carbocycles. The highest BCUT2D eigenvalue weighted by atomic mass is 32.2. The van der Waals surface area contributed by atoms with Crippen LogP contribution >= 0.6 is 11.8 Å². The lowest BCUT2D eigenvalue weighted by atomic mass is 10.0. The molecule has 2 aromatic heterocycles. The van der Waals surface area contributed by atoms with Crippen LogP contribution < -0.4 is 5.32 Å². The SMILES string of the molecule is CC(C)c1ccc(-n2cnnc2SCC(=O)Nc2cccc(C#Cc3ccccn3)c2)cc1. The number of benzene rings is 2. The van der Waals surface area contributed by atoms with Gasteiger partial charge < -0.3 is 5.32 Å². The van der Waals surface area contributed by atoms with E-state index in [-0.39, 0.29) is 11.7 Å². The third-order valence-electron chi connectivity index (χ3n) is 4.83. The quantitative estimate of drug-likeness (QED) is 0.332. The molecule has 4 rings (SSSR count). The summed E-state index contributed by atoms with van der Waals surface area (Å²) in [4.78, 5) is 16.7. The fourth-order valence-electron chi connectivity index (χ4n) is 3.09.